The second kappa shape index (κ2) is 3.70. The average Bonchev–Trinajstić information content (AvgIpc) is 2.35. The third-order valence-electron chi connectivity index (χ3n) is 1.02. The zero-order valence-electron chi connectivity index (χ0n) is 6.04. The Morgan fingerprint density at radius 1 is 1.23 bits per heavy atom. The Balaban J connectivity index is 2.89. The van der Waals surface area contributed by atoms with E-state index in [1.807, 2.05) is 0 Å². The van der Waals surface area contributed by atoms with E-state index >= 15 is 0 Å². The molecule has 0 spiro atoms. The second-order valence-corrected chi connectivity index (χ2v) is 6.00. The van der Waals surface area contributed by atoms with Crippen LogP contribution in [0, 0.1) is 0 Å². The number of nitrogens with zero attached hydrogens (tertiary/aromatic N) is 1. The highest BCUT2D eigenvalue weighted by Gasteiger charge is 2.46. The van der Waals surface area contributed by atoms with Crippen LogP contribution in [0.25, 0.3) is 0 Å². The second-order valence-electron chi connectivity index (χ2n) is 1.97. The molecule has 0 N–H and O–H groups in total. The molecule has 1 rings (SSSR count). The quantitative estimate of drug-likeness (QED) is 0.711. The topological polar surface area (TPSA) is 46.5 Å². The first-order valence-corrected chi connectivity index (χ1v) is 6.41. The number of thioether (sulfide) groups is 2. The normalized spacial score (nSPS) is 19.2. The molecule has 1 aliphatic heterocycles. The van der Waals surface area contributed by atoms with E-state index in [0.717, 1.165) is 23.5 Å². The Labute approximate surface area is 81.2 Å². The minimum Gasteiger partial charge on any atom is -0.195 e. The van der Waals surface area contributed by atoms with Gasteiger partial charge in [0.15, 0.2) is 0 Å². The molecule has 0 aliphatic carbocycles. The molecule has 1 fully saturated rings. The largest absolute Gasteiger partial charge is 0.518 e. The fraction of sp³-hybridized carbons (Fsp3) is 0.750. The SMILES string of the molecule is O=S(=O)(N=C1SCCS1)C(F)(F)F. The Hall–Kier alpha value is 0.110. The predicted octanol–water partition coefficient (Wildman–Crippen LogP) is 1.67. The van der Waals surface area contributed by atoms with Crippen LogP contribution in [0.2, 0.25) is 0 Å². The Morgan fingerprint density at radius 2 is 1.69 bits per heavy atom. The van der Waals surface area contributed by atoms with Gasteiger partial charge in [-0.05, 0) is 0 Å². The van der Waals surface area contributed by atoms with Crippen molar-refractivity contribution in [2.24, 2.45) is 4.40 Å². The lowest BCUT2D eigenvalue weighted by molar-refractivity contribution is -0.0435. The van der Waals surface area contributed by atoms with Gasteiger partial charge in [0.25, 0.3) is 0 Å². The lowest BCUT2D eigenvalue weighted by atomic mass is 11.0. The number of hydrogen-bond acceptors (Lipinski definition) is 4. The fourth-order valence-electron chi connectivity index (χ4n) is 0.502. The summed E-state index contributed by atoms with van der Waals surface area (Å²) in [5.74, 6) is 1.19. The van der Waals surface area contributed by atoms with E-state index in [9.17, 15) is 21.6 Å². The van der Waals surface area contributed by atoms with Crippen molar-refractivity contribution in [1.82, 2.24) is 0 Å². The van der Waals surface area contributed by atoms with Crippen molar-refractivity contribution < 1.29 is 21.6 Å². The summed E-state index contributed by atoms with van der Waals surface area (Å²) in [6.07, 6.45) is 0. The van der Waals surface area contributed by atoms with Crippen LogP contribution >= 0.6 is 23.5 Å². The van der Waals surface area contributed by atoms with Crippen molar-refractivity contribution in [2.75, 3.05) is 11.5 Å². The lowest BCUT2D eigenvalue weighted by Gasteiger charge is -2.02. The number of hydrogen-bond donors (Lipinski definition) is 0. The maximum Gasteiger partial charge on any atom is 0.518 e. The number of sulfonamides is 1. The van der Waals surface area contributed by atoms with Gasteiger partial charge in [0.05, 0.1) is 0 Å². The molecule has 0 aromatic rings. The summed E-state index contributed by atoms with van der Waals surface area (Å²) in [5.41, 5.74) is -5.29. The lowest BCUT2D eigenvalue weighted by Crippen LogP contribution is -2.21. The van der Waals surface area contributed by atoms with E-state index in [1.165, 1.54) is 0 Å². The van der Waals surface area contributed by atoms with Gasteiger partial charge < -0.3 is 0 Å². The molecule has 0 bridgehead atoms. The summed E-state index contributed by atoms with van der Waals surface area (Å²) in [4.78, 5) is 0. The molecule has 0 atom stereocenters. The highest BCUT2D eigenvalue weighted by atomic mass is 32.2. The van der Waals surface area contributed by atoms with Crippen LogP contribution in [-0.4, -0.2) is 29.8 Å². The third-order valence-corrected chi connectivity index (χ3v) is 4.72. The first-order valence-electron chi connectivity index (χ1n) is 3.00. The van der Waals surface area contributed by atoms with Crippen molar-refractivity contribution in [3.05, 3.63) is 0 Å². The van der Waals surface area contributed by atoms with Crippen LogP contribution in [0.5, 0.6) is 0 Å². The molecular weight excluding hydrogens is 247 g/mol. The van der Waals surface area contributed by atoms with Crippen molar-refractivity contribution in [3.63, 3.8) is 0 Å². The van der Waals surface area contributed by atoms with E-state index in [4.69, 9.17) is 0 Å². The number of rotatable bonds is 1. The van der Waals surface area contributed by atoms with Gasteiger partial charge in [0, 0.05) is 11.5 Å². The Morgan fingerprint density at radius 3 is 2.08 bits per heavy atom. The van der Waals surface area contributed by atoms with Gasteiger partial charge >= 0.3 is 15.5 Å². The molecule has 76 valence electrons. The summed E-state index contributed by atoms with van der Waals surface area (Å²) in [6.45, 7) is 0. The van der Waals surface area contributed by atoms with Crippen LogP contribution in [-0.2, 0) is 10.0 Å². The molecule has 13 heavy (non-hydrogen) atoms. The van der Waals surface area contributed by atoms with Gasteiger partial charge in [-0.2, -0.15) is 21.6 Å². The van der Waals surface area contributed by atoms with Crippen LogP contribution in [0.3, 0.4) is 0 Å². The summed E-state index contributed by atoms with van der Waals surface area (Å²) >= 11 is 2.04. The highest BCUT2D eigenvalue weighted by Crippen LogP contribution is 2.31. The van der Waals surface area contributed by atoms with Gasteiger partial charge in [-0.25, -0.2) is 0 Å². The van der Waals surface area contributed by atoms with E-state index in [0.29, 0.717) is 11.5 Å². The number of halogens is 3. The molecule has 0 aromatic carbocycles. The summed E-state index contributed by atoms with van der Waals surface area (Å²) in [6, 6.07) is 0. The summed E-state index contributed by atoms with van der Waals surface area (Å²) in [7, 11) is -5.33. The van der Waals surface area contributed by atoms with Gasteiger partial charge in [-0.15, -0.1) is 4.40 Å². The van der Waals surface area contributed by atoms with Gasteiger partial charge in [-0.1, -0.05) is 23.5 Å². The Kier molecular flexibility index (Phi) is 3.18. The molecule has 0 amide bonds. The van der Waals surface area contributed by atoms with Crippen LogP contribution in [0.1, 0.15) is 0 Å². The van der Waals surface area contributed by atoms with Crippen molar-refractivity contribution in [3.8, 4) is 0 Å². The van der Waals surface area contributed by atoms with Crippen LogP contribution in [0.15, 0.2) is 4.40 Å². The highest BCUT2D eigenvalue weighted by molar-refractivity contribution is 8.41. The van der Waals surface area contributed by atoms with E-state index in [-0.39, 0.29) is 4.38 Å². The zero-order valence-corrected chi connectivity index (χ0v) is 8.49. The monoisotopic (exact) mass is 251 g/mol. The fourth-order valence-corrected chi connectivity index (χ4v) is 3.66. The van der Waals surface area contributed by atoms with Crippen molar-refractivity contribution >= 4 is 37.9 Å². The average molecular weight is 251 g/mol. The number of alkyl halides is 3. The van der Waals surface area contributed by atoms with Gasteiger partial charge in [0.2, 0.25) is 0 Å². The van der Waals surface area contributed by atoms with E-state index < -0.39 is 15.5 Å². The minimum absolute atomic E-state index is 0.0303. The molecule has 1 aliphatic rings. The molecule has 9 heteroatoms. The van der Waals surface area contributed by atoms with E-state index in [2.05, 4.69) is 4.40 Å². The molecule has 1 heterocycles. The molecule has 1 saturated heterocycles. The maximum atomic E-state index is 11.8. The molecule has 3 nitrogen and oxygen atoms in total. The molecule has 0 radical (unpaired) electrons. The van der Waals surface area contributed by atoms with Gasteiger partial charge in [-0.3, -0.25) is 0 Å². The summed E-state index contributed by atoms with van der Waals surface area (Å²) < 4.78 is 58.9. The molecule has 0 unspecified atom stereocenters. The standard InChI is InChI=1S/C4H4F3NO2S3/c5-4(6,7)13(9,10)8-3-11-1-2-12-3/h1-2H2. The maximum absolute atomic E-state index is 11.8. The van der Waals surface area contributed by atoms with Gasteiger partial charge in [0.1, 0.15) is 4.38 Å². The first-order chi connectivity index (χ1) is 5.83. The minimum atomic E-state index is -5.33. The van der Waals surface area contributed by atoms with E-state index in [1.54, 1.807) is 0 Å². The third kappa shape index (κ3) is 2.78. The predicted molar refractivity (Wildman–Crippen MR) is 47.3 cm³/mol. The first kappa shape index (κ1) is 11.2. The van der Waals surface area contributed by atoms with Crippen molar-refractivity contribution in [2.45, 2.75) is 5.51 Å². The Bertz CT molecular complexity index is 312. The van der Waals surface area contributed by atoms with Crippen LogP contribution < -0.4 is 0 Å². The molecule has 0 saturated carbocycles. The smallest absolute Gasteiger partial charge is 0.195 e. The zero-order chi connectivity index (χ0) is 10.1. The molecule has 0 aromatic heterocycles. The molecular formula is C4H4F3NO2S3. The van der Waals surface area contributed by atoms with Crippen LogP contribution in [0.4, 0.5) is 13.2 Å². The van der Waals surface area contributed by atoms with Crippen molar-refractivity contribution in [1.29, 1.82) is 0 Å². The summed E-state index contributed by atoms with van der Waals surface area (Å²) in [5, 5.41) is 0.